The fourth-order valence-electron chi connectivity index (χ4n) is 2.79. The van der Waals surface area contributed by atoms with Crippen molar-refractivity contribution < 1.29 is 14.3 Å². The number of carbonyl (C=O) groups excluding carboxylic acids is 2. The van der Waals surface area contributed by atoms with Gasteiger partial charge in [0.1, 0.15) is 11.8 Å². The largest absolute Gasteiger partial charge is 0.482 e. The van der Waals surface area contributed by atoms with Crippen LogP contribution < -0.4 is 15.0 Å². The molecule has 6 nitrogen and oxygen atoms in total. The van der Waals surface area contributed by atoms with Crippen LogP contribution in [-0.4, -0.2) is 25.0 Å². The molecule has 3 rings (SSSR count). The highest BCUT2D eigenvalue weighted by Crippen LogP contribution is 2.21. The second-order valence-electron chi connectivity index (χ2n) is 5.99. The van der Waals surface area contributed by atoms with Crippen LogP contribution in [0, 0.1) is 11.3 Å². The number of hydrogen-bond acceptors (Lipinski definition) is 4. The van der Waals surface area contributed by atoms with Gasteiger partial charge in [0.15, 0.2) is 6.61 Å². The lowest BCUT2D eigenvalue weighted by Crippen LogP contribution is -2.28. The first-order chi connectivity index (χ1) is 12.7. The number of nitrogens with zero attached hydrogens (tertiary/aromatic N) is 2. The van der Waals surface area contributed by atoms with Gasteiger partial charge in [-0.3, -0.25) is 9.59 Å². The minimum atomic E-state index is -0.267. The van der Waals surface area contributed by atoms with E-state index in [1.54, 1.807) is 29.2 Å². The van der Waals surface area contributed by atoms with E-state index in [1.807, 2.05) is 30.3 Å². The quantitative estimate of drug-likeness (QED) is 0.868. The van der Waals surface area contributed by atoms with Crippen molar-refractivity contribution in [3.05, 3.63) is 59.7 Å². The van der Waals surface area contributed by atoms with Gasteiger partial charge in [-0.2, -0.15) is 5.26 Å². The summed E-state index contributed by atoms with van der Waals surface area (Å²) in [6.07, 6.45) is 1.50. The van der Waals surface area contributed by atoms with E-state index in [2.05, 4.69) is 5.32 Å². The van der Waals surface area contributed by atoms with Crippen LogP contribution in [-0.2, 0) is 16.1 Å². The molecule has 2 aromatic carbocycles. The summed E-state index contributed by atoms with van der Waals surface area (Å²) < 4.78 is 5.40. The predicted molar refractivity (Wildman–Crippen MR) is 96.5 cm³/mol. The zero-order valence-corrected chi connectivity index (χ0v) is 14.3. The zero-order valence-electron chi connectivity index (χ0n) is 14.3. The molecule has 1 N–H and O–H groups in total. The van der Waals surface area contributed by atoms with Gasteiger partial charge in [-0.1, -0.05) is 24.3 Å². The zero-order chi connectivity index (χ0) is 18.4. The Kier molecular flexibility index (Phi) is 5.49. The molecule has 0 atom stereocenters. The van der Waals surface area contributed by atoms with Crippen LogP contribution in [0.5, 0.6) is 5.75 Å². The van der Waals surface area contributed by atoms with Gasteiger partial charge in [0.25, 0.3) is 5.91 Å². The molecule has 0 unspecified atom stereocenters. The van der Waals surface area contributed by atoms with E-state index < -0.39 is 0 Å². The van der Waals surface area contributed by atoms with Crippen LogP contribution >= 0.6 is 0 Å². The Morgan fingerprint density at radius 1 is 1.19 bits per heavy atom. The summed E-state index contributed by atoms with van der Waals surface area (Å²) >= 11 is 0. The van der Waals surface area contributed by atoms with E-state index in [4.69, 9.17) is 10.00 Å². The third-order valence-corrected chi connectivity index (χ3v) is 4.18. The van der Waals surface area contributed by atoms with Crippen molar-refractivity contribution in [2.45, 2.75) is 19.4 Å². The third-order valence-electron chi connectivity index (χ3n) is 4.18. The Bertz CT molecular complexity index is 840. The number of anilines is 1. The SMILES string of the molecule is N#Cc1ccccc1OCC(=O)NCc1ccc(N2CCCC2=O)cc1. The molecule has 0 aliphatic carbocycles. The smallest absolute Gasteiger partial charge is 0.258 e. The standard InChI is InChI=1S/C20H19N3O3/c21-12-16-4-1-2-5-18(16)26-14-19(24)22-13-15-7-9-17(10-8-15)23-11-3-6-20(23)25/h1-2,4-5,7-10H,3,6,11,13-14H2,(H,22,24). The van der Waals surface area contributed by atoms with Crippen LogP contribution in [0.3, 0.4) is 0 Å². The highest BCUT2D eigenvalue weighted by Gasteiger charge is 2.21. The number of ether oxygens (including phenoxy) is 1. The van der Waals surface area contributed by atoms with Gasteiger partial charge < -0.3 is 15.0 Å². The van der Waals surface area contributed by atoms with Crippen LogP contribution in [0.4, 0.5) is 5.69 Å². The number of rotatable bonds is 6. The summed E-state index contributed by atoms with van der Waals surface area (Å²) in [5.41, 5.74) is 2.22. The van der Waals surface area contributed by atoms with E-state index in [9.17, 15) is 9.59 Å². The topological polar surface area (TPSA) is 82.4 Å². The van der Waals surface area contributed by atoms with Crippen molar-refractivity contribution in [2.24, 2.45) is 0 Å². The normalized spacial score (nSPS) is 13.3. The number of nitrogens with one attached hydrogen (secondary N) is 1. The molecule has 0 saturated carbocycles. The summed E-state index contributed by atoms with van der Waals surface area (Å²) in [5, 5.41) is 11.8. The summed E-state index contributed by atoms with van der Waals surface area (Å²) in [6, 6.07) is 16.4. The fraction of sp³-hybridized carbons (Fsp3) is 0.250. The molecule has 2 amide bonds. The third kappa shape index (κ3) is 4.19. The van der Waals surface area contributed by atoms with Gasteiger partial charge in [-0.15, -0.1) is 0 Å². The van der Waals surface area contributed by atoms with Crippen molar-refractivity contribution in [1.82, 2.24) is 5.32 Å². The maximum atomic E-state index is 11.9. The maximum Gasteiger partial charge on any atom is 0.258 e. The van der Waals surface area contributed by atoms with Crippen LogP contribution in [0.15, 0.2) is 48.5 Å². The van der Waals surface area contributed by atoms with Crippen molar-refractivity contribution in [2.75, 3.05) is 18.1 Å². The average Bonchev–Trinajstić information content (AvgIpc) is 3.11. The Morgan fingerprint density at radius 2 is 1.96 bits per heavy atom. The number of carbonyl (C=O) groups is 2. The van der Waals surface area contributed by atoms with Gasteiger partial charge in [-0.25, -0.2) is 0 Å². The average molecular weight is 349 g/mol. The van der Waals surface area contributed by atoms with Crippen molar-refractivity contribution in [3.63, 3.8) is 0 Å². The van der Waals surface area contributed by atoms with E-state index in [-0.39, 0.29) is 18.4 Å². The maximum absolute atomic E-state index is 11.9. The first-order valence-corrected chi connectivity index (χ1v) is 8.45. The summed E-state index contributed by atoms with van der Waals surface area (Å²) in [5.74, 6) is 0.280. The van der Waals surface area contributed by atoms with Crippen molar-refractivity contribution in [1.29, 1.82) is 5.26 Å². The molecule has 1 saturated heterocycles. The Labute approximate surface area is 152 Å². The highest BCUT2D eigenvalue weighted by molar-refractivity contribution is 5.95. The molecule has 1 heterocycles. The Hall–Kier alpha value is -3.33. The molecule has 1 aliphatic rings. The van der Waals surface area contributed by atoms with E-state index in [0.717, 1.165) is 24.2 Å². The van der Waals surface area contributed by atoms with Crippen molar-refractivity contribution >= 4 is 17.5 Å². The molecule has 0 spiro atoms. The fourth-order valence-corrected chi connectivity index (χ4v) is 2.79. The van der Waals surface area contributed by atoms with E-state index in [1.165, 1.54) is 0 Å². The van der Waals surface area contributed by atoms with E-state index in [0.29, 0.717) is 24.3 Å². The number of para-hydroxylation sites is 1. The minimum Gasteiger partial charge on any atom is -0.482 e. The first kappa shape index (κ1) is 17.5. The number of amides is 2. The Morgan fingerprint density at radius 3 is 2.65 bits per heavy atom. The lowest BCUT2D eigenvalue weighted by Gasteiger charge is -2.16. The van der Waals surface area contributed by atoms with Crippen LogP contribution in [0.25, 0.3) is 0 Å². The Balaban J connectivity index is 1.48. The molecular formula is C20H19N3O3. The first-order valence-electron chi connectivity index (χ1n) is 8.45. The molecule has 2 aromatic rings. The van der Waals surface area contributed by atoms with Gasteiger partial charge in [0.05, 0.1) is 5.56 Å². The summed E-state index contributed by atoms with van der Waals surface area (Å²) in [6.45, 7) is 0.978. The minimum absolute atomic E-state index is 0.154. The van der Waals surface area contributed by atoms with Crippen LogP contribution in [0.2, 0.25) is 0 Å². The molecule has 1 fully saturated rings. The lowest BCUT2D eigenvalue weighted by atomic mass is 10.2. The molecule has 132 valence electrons. The van der Waals surface area contributed by atoms with E-state index >= 15 is 0 Å². The summed E-state index contributed by atoms with van der Waals surface area (Å²) in [4.78, 5) is 25.5. The highest BCUT2D eigenvalue weighted by atomic mass is 16.5. The molecule has 0 radical (unpaired) electrons. The molecule has 6 heteroatoms. The van der Waals surface area contributed by atoms with Gasteiger partial charge in [0, 0.05) is 25.2 Å². The molecule has 0 bridgehead atoms. The summed E-state index contributed by atoms with van der Waals surface area (Å²) in [7, 11) is 0. The lowest BCUT2D eigenvalue weighted by molar-refractivity contribution is -0.123. The number of benzene rings is 2. The predicted octanol–water partition coefficient (Wildman–Crippen LogP) is 2.38. The molecule has 0 aromatic heterocycles. The second kappa shape index (κ2) is 8.17. The van der Waals surface area contributed by atoms with Crippen LogP contribution in [0.1, 0.15) is 24.0 Å². The number of nitriles is 1. The number of hydrogen-bond donors (Lipinski definition) is 1. The van der Waals surface area contributed by atoms with Crippen molar-refractivity contribution in [3.8, 4) is 11.8 Å². The van der Waals surface area contributed by atoms with Gasteiger partial charge in [-0.05, 0) is 36.2 Å². The van der Waals surface area contributed by atoms with Gasteiger partial charge >= 0.3 is 0 Å². The molecular weight excluding hydrogens is 330 g/mol. The molecule has 26 heavy (non-hydrogen) atoms. The monoisotopic (exact) mass is 349 g/mol. The second-order valence-corrected chi connectivity index (χ2v) is 5.99. The van der Waals surface area contributed by atoms with Gasteiger partial charge in [0.2, 0.25) is 5.91 Å². The molecule has 1 aliphatic heterocycles.